The first-order valence-electron chi connectivity index (χ1n) is 11.5. The summed E-state index contributed by atoms with van der Waals surface area (Å²) in [5, 5.41) is 15.1. The molecule has 0 unspecified atom stereocenters. The van der Waals surface area contributed by atoms with Gasteiger partial charge in [0.15, 0.2) is 0 Å². The molecule has 0 fully saturated rings. The minimum Gasteiger partial charge on any atom is -0.478 e. The van der Waals surface area contributed by atoms with E-state index in [4.69, 9.17) is 4.74 Å². The molecular formula is C28H30N2O3. The highest BCUT2D eigenvalue weighted by molar-refractivity contribution is 5.98. The van der Waals surface area contributed by atoms with Crippen molar-refractivity contribution in [2.45, 2.75) is 20.8 Å². The molecule has 170 valence electrons. The summed E-state index contributed by atoms with van der Waals surface area (Å²) in [6, 6.07) is 19.5. The maximum Gasteiger partial charge on any atom is 0.336 e. The van der Waals surface area contributed by atoms with Crippen LogP contribution in [0.2, 0.25) is 0 Å². The second kappa shape index (κ2) is 9.92. The van der Waals surface area contributed by atoms with Crippen LogP contribution in [0.4, 0.5) is 5.69 Å². The molecule has 5 heteroatoms. The van der Waals surface area contributed by atoms with Crippen LogP contribution in [0.25, 0.3) is 11.6 Å². The van der Waals surface area contributed by atoms with E-state index in [9.17, 15) is 9.90 Å². The van der Waals surface area contributed by atoms with Gasteiger partial charge in [0.25, 0.3) is 0 Å². The van der Waals surface area contributed by atoms with Crippen LogP contribution in [-0.2, 0) is 0 Å². The Labute approximate surface area is 194 Å². The molecule has 3 aromatic rings. The van der Waals surface area contributed by atoms with E-state index in [1.54, 1.807) is 12.1 Å². The second-order valence-corrected chi connectivity index (χ2v) is 7.95. The van der Waals surface area contributed by atoms with E-state index in [0.717, 1.165) is 64.9 Å². The monoisotopic (exact) mass is 442 g/mol. The number of hydrogen-bond donors (Lipinski definition) is 2. The number of anilines is 1. The summed E-state index contributed by atoms with van der Waals surface area (Å²) in [5.74, 6) is 0.536. The molecule has 5 nitrogen and oxygen atoms in total. The van der Waals surface area contributed by atoms with Crippen molar-refractivity contribution < 1.29 is 14.6 Å². The van der Waals surface area contributed by atoms with Gasteiger partial charge in [-0.15, -0.1) is 0 Å². The van der Waals surface area contributed by atoms with Gasteiger partial charge in [-0.2, -0.15) is 0 Å². The van der Waals surface area contributed by atoms with E-state index in [1.165, 1.54) is 0 Å². The molecule has 0 aliphatic carbocycles. The smallest absolute Gasteiger partial charge is 0.336 e. The highest BCUT2D eigenvalue weighted by Crippen LogP contribution is 2.39. The molecule has 0 amide bonds. The van der Waals surface area contributed by atoms with Gasteiger partial charge in [0.2, 0.25) is 0 Å². The standard InChI is InChI=1S/C28H30N2O3/c1-4-29-16-15-19-11-13-23-25(17-19)33-26-18-20(30(5-2)6-3)12-14-24(26)27(23)21-9-7-8-10-22(21)28(31)32/h7-15,17-18,29H,4-6,16H2,1-3H3,(H,31,32). The number of nitrogens with zero attached hydrogens (tertiary/aromatic N) is 1. The number of benzene rings is 3. The minimum absolute atomic E-state index is 0.280. The number of rotatable bonds is 8. The van der Waals surface area contributed by atoms with Crippen LogP contribution in [0.15, 0.2) is 60.7 Å². The zero-order chi connectivity index (χ0) is 23.4. The van der Waals surface area contributed by atoms with Gasteiger partial charge < -0.3 is 20.1 Å². The number of carboxylic acids is 1. The zero-order valence-electron chi connectivity index (χ0n) is 19.4. The van der Waals surface area contributed by atoms with E-state index in [0.29, 0.717) is 5.56 Å². The quantitative estimate of drug-likeness (QED) is 0.404. The van der Waals surface area contributed by atoms with Crippen LogP contribution in [0, 0.1) is 0 Å². The number of ether oxygens (including phenoxy) is 1. The number of aromatic carboxylic acids is 1. The fourth-order valence-electron chi connectivity index (χ4n) is 4.32. The van der Waals surface area contributed by atoms with Gasteiger partial charge in [-0.3, -0.25) is 0 Å². The number of nitrogens with one attached hydrogen (secondary N) is 1. The summed E-state index contributed by atoms with van der Waals surface area (Å²) < 4.78 is 6.42. The van der Waals surface area contributed by atoms with Crippen molar-refractivity contribution in [2.24, 2.45) is 0 Å². The number of hydrogen-bond acceptors (Lipinski definition) is 4. The minimum atomic E-state index is -0.942. The van der Waals surface area contributed by atoms with E-state index in [1.807, 2.05) is 30.3 Å². The molecule has 0 aromatic heterocycles. The third-order valence-electron chi connectivity index (χ3n) is 6.02. The van der Waals surface area contributed by atoms with Crippen LogP contribution in [0.1, 0.15) is 42.3 Å². The van der Waals surface area contributed by atoms with Gasteiger partial charge in [-0.1, -0.05) is 37.3 Å². The SMILES string of the molecule is CCNCC=c1ccc2c(c1)Oc1cc(N(CC)CC)ccc1C=2c1ccccc1C(=O)O. The normalized spacial score (nSPS) is 12.7. The Kier molecular flexibility index (Phi) is 6.80. The maximum atomic E-state index is 12.0. The summed E-state index contributed by atoms with van der Waals surface area (Å²) in [6.07, 6.45) is 2.12. The predicted molar refractivity (Wildman–Crippen MR) is 134 cm³/mol. The first kappa shape index (κ1) is 22.6. The number of fused-ring (bicyclic) bond motifs is 2. The van der Waals surface area contributed by atoms with Crippen molar-refractivity contribution in [2.75, 3.05) is 31.1 Å². The highest BCUT2D eigenvalue weighted by Gasteiger charge is 2.24. The molecular weight excluding hydrogens is 412 g/mol. The van der Waals surface area contributed by atoms with Crippen LogP contribution < -0.4 is 25.4 Å². The van der Waals surface area contributed by atoms with Crippen molar-refractivity contribution in [3.63, 3.8) is 0 Å². The fourth-order valence-corrected chi connectivity index (χ4v) is 4.32. The first-order valence-corrected chi connectivity index (χ1v) is 11.5. The van der Waals surface area contributed by atoms with Gasteiger partial charge >= 0.3 is 5.97 Å². The van der Waals surface area contributed by atoms with E-state index < -0.39 is 5.97 Å². The summed E-state index contributed by atoms with van der Waals surface area (Å²) in [4.78, 5) is 14.3. The summed E-state index contributed by atoms with van der Waals surface area (Å²) in [6.45, 7) is 9.81. The zero-order valence-corrected chi connectivity index (χ0v) is 19.4. The van der Waals surface area contributed by atoms with Crippen molar-refractivity contribution in [3.05, 3.63) is 87.8 Å². The van der Waals surface area contributed by atoms with E-state index in [-0.39, 0.29) is 5.56 Å². The van der Waals surface area contributed by atoms with Crippen LogP contribution in [-0.4, -0.2) is 37.3 Å². The summed E-state index contributed by atoms with van der Waals surface area (Å²) in [7, 11) is 0. The molecule has 1 heterocycles. The first-order chi connectivity index (χ1) is 16.1. The molecule has 0 radical (unpaired) electrons. The van der Waals surface area contributed by atoms with Crippen LogP contribution >= 0.6 is 0 Å². The van der Waals surface area contributed by atoms with Crippen molar-refractivity contribution in [1.29, 1.82) is 0 Å². The average Bonchev–Trinajstić information content (AvgIpc) is 2.83. The van der Waals surface area contributed by atoms with Gasteiger partial charge in [0.1, 0.15) is 11.5 Å². The molecule has 2 N–H and O–H groups in total. The highest BCUT2D eigenvalue weighted by atomic mass is 16.5. The largest absolute Gasteiger partial charge is 0.478 e. The Balaban J connectivity index is 1.98. The number of carboxylic acid groups (broad SMARTS) is 1. The van der Waals surface area contributed by atoms with Crippen LogP contribution in [0.3, 0.4) is 0 Å². The fraction of sp³-hybridized carbons (Fsp3) is 0.250. The lowest BCUT2D eigenvalue weighted by atomic mass is 9.89. The Morgan fingerprint density at radius 1 is 0.970 bits per heavy atom. The van der Waals surface area contributed by atoms with Gasteiger partial charge in [0.05, 0.1) is 5.56 Å². The van der Waals surface area contributed by atoms with E-state index in [2.05, 4.69) is 55.3 Å². The van der Waals surface area contributed by atoms with E-state index >= 15 is 0 Å². The summed E-state index contributed by atoms with van der Waals surface area (Å²) in [5.41, 5.74) is 3.84. The second-order valence-electron chi connectivity index (χ2n) is 7.95. The number of carbonyl (C=O) groups is 1. The molecule has 0 atom stereocenters. The third-order valence-corrected chi connectivity index (χ3v) is 6.02. The van der Waals surface area contributed by atoms with Crippen molar-refractivity contribution in [3.8, 4) is 11.5 Å². The average molecular weight is 443 g/mol. The Hall–Kier alpha value is -3.57. The molecule has 0 saturated heterocycles. The lowest BCUT2D eigenvalue weighted by Gasteiger charge is -2.26. The molecule has 0 spiro atoms. The van der Waals surface area contributed by atoms with Gasteiger partial charge in [0, 0.05) is 47.7 Å². The van der Waals surface area contributed by atoms with Gasteiger partial charge in [-0.25, -0.2) is 4.79 Å². The predicted octanol–water partition coefficient (Wildman–Crippen LogP) is 3.97. The maximum absolute atomic E-state index is 12.0. The van der Waals surface area contributed by atoms with Crippen LogP contribution in [0.5, 0.6) is 11.5 Å². The Morgan fingerprint density at radius 2 is 1.76 bits per heavy atom. The molecule has 4 rings (SSSR count). The Morgan fingerprint density at radius 3 is 2.48 bits per heavy atom. The molecule has 33 heavy (non-hydrogen) atoms. The lowest BCUT2D eigenvalue weighted by Crippen LogP contribution is -2.24. The molecule has 1 aliphatic heterocycles. The Bertz CT molecular complexity index is 1290. The molecule has 0 saturated carbocycles. The molecule has 0 bridgehead atoms. The van der Waals surface area contributed by atoms with Crippen molar-refractivity contribution in [1.82, 2.24) is 5.32 Å². The molecule has 1 aliphatic rings. The lowest BCUT2D eigenvalue weighted by molar-refractivity contribution is 0.0696. The molecule has 3 aromatic carbocycles. The topological polar surface area (TPSA) is 61.8 Å². The van der Waals surface area contributed by atoms with Gasteiger partial charge in [-0.05, 0) is 61.5 Å². The van der Waals surface area contributed by atoms with Crippen molar-refractivity contribution >= 4 is 23.3 Å². The third kappa shape index (κ3) is 4.50. The summed E-state index contributed by atoms with van der Waals surface area (Å²) >= 11 is 0.